The Kier molecular flexibility index (Phi) is 8.80. The minimum atomic E-state index is 0.440. The molecule has 0 saturated carbocycles. The number of nitrogens with two attached hydrogens (primary N) is 1. The average Bonchev–Trinajstić information content (AvgIpc) is 3.28. The molecule has 1 aliphatic heterocycles. The Labute approximate surface area is 168 Å². The minimum Gasteiger partial charge on any atom is -0.397 e. The zero-order chi connectivity index (χ0) is 19.8. The third-order valence-corrected chi connectivity index (χ3v) is 5.42. The van der Waals surface area contributed by atoms with Crippen molar-refractivity contribution in [1.29, 1.82) is 0 Å². The van der Waals surface area contributed by atoms with Crippen molar-refractivity contribution in [2.75, 3.05) is 46.3 Å². The molecule has 6 nitrogen and oxygen atoms in total. The van der Waals surface area contributed by atoms with E-state index in [2.05, 4.69) is 33.8 Å². The zero-order valence-electron chi connectivity index (χ0n) is 17.2. The van der Waals surface area contributed by atoms with Crippen molar-refractivity contribution in [2.24, 2.45) is 16.6 Å². The average molecular weight is 396 g/mol. The summed E-state index contributed by atoms with van der Waals surface area (Å²) in [6.45, 7) is 12.7. The molecule has 2 heterocycles. The maximum Gasteiger partial charge on any atom is 0.134 e. The third-order valence-electron chi connectivity index (χ3n) is 5.02. The maximum atomic E-state index is 6.38. The highest BCUT2D eigenvalue weighted by Gasteiger charge is 2.26. The summed E-state index contributed by atoms with van der Waals surface area (Å²) in [4.78, 5) is 9.17. The van der Waals surface area contributed by atoms with Crippen LogP contribution in [0.1, 0.15) is 44.6 Å². The normalized spacial score (nSPS) is 19.8. The Morgan fingerprint density at radius 1 is 1.41 bits per heavy atom. The second-order valence-corrected chi connectivity index (χ2v) is 7.78. The first-order chi connectivity index (χ1) is 13.0. The fourth-order valence-corrected chi connectivity index (χ4v) is 3.93. The lowest BCUT2D eigenvalue weighted by Crippen LogP contribution is -2.33. The number of likely N-dealkylation sites (tertiary alicyclic amines) is 1. The van der Waals surface area contributed by atoms with E-state index in [1.165, 1.54) is 38.9 Å². The van der Waals surface area contributed by atoms with Gasteiger partial charge in [0.15, 0.2) is 0 Å². The number of aryl methyl sites for hydroxylation is 1. The topological polar surface area (TPSA) is 70.9 Å². The molecule has 0 radical (unpaired) electrons. The molecule has 7 heteroatoms. The summed E-state index contributed by atoms with van der Waals surface area (Å²) in [6, 6.07) is 1.83. The molecule has 2 rings (SSSR count). The summed E-state index contributed by atoms with van der Waals surface area (Å²) in [5.74, 6) is 1.42. The highest BCUT2D eigenvalue weighted by Crippen LogP contribution is 2.23. The summed E-state index contributed by atoms with van der Waals surface area (Å²) in [6.07, 6.45) is 3.63. The molecule has 1 fully saturated rings. The Morgan fingerprint density at radius 3 is 2.67 bits per heavy atom. The Balaban J connectivity index is 2.05. The van der Waals surface area contributed by atoms with Crippen LogP contribution in [-0.4, -0.2) is 66.4 Å². The number of hydrogen-bond acceptors (Lipinski definition) is 6. The second kappa shape index (κ2) is 10.8. The van der Waals surface area contributed by atoms with Crippen molar-refractivity contribution >= 4 is 22.5 Å². The van der Waals surface area contributed by atoms with Gasteiger partial charge < -0.3 is 15.2 Å². The first kappa shape index (κ1) is 21.9. The number of nitrogens with zero attached hydrogens (tertiary/aromatic N) is 4. The molecule has 0 bridgehead atoms. The molecule has 0 aliphatic carbocycles. The van der Waals surface area contributed by atoms with Crippen LogP contribution in [0, 0.1) is 12.8 Å². The molecule has 0 spiro atoms. The smallest absolute Gasteiger partial charge is 0.134 e. The molecule has 1 saturated heterocycles. The molecule has 1 aliphatic rings. The first-order valence-electron chi connectivity index (χ1n) is 9.98. The fourth-order valence-electron chi connectivity index (χ4n) is 3.77. The van der Waals surface area contributed by atoms with Crippen LogP contribution in [-0.2, 0) is 0 Å². The van der Waals surface area contributed by atoms with Gasteiger partial charge in [-0.1, -0.05) is 30.6 Å². The largest absolute Gasteiger partial charge is 0.397 e. The molecular formula is C20H34ClN5O. The van der Waals surface area contributed by atoms with Crippen LogP contribution in [0.2, 0.25) is 0 Å². The van der Waals surface area contributed by atoms with Crippen molar-refractivity contribution in [3.05, 3.63) is 23.1 Å². The summed E-state index contributed by atoms with van der Waals surface area (Å²) in [7, 11) is 1.68. The summed E-state index contributed by atoms with van der Waals surface area (Å²) in [5, 5.41) is 4.47. The van der Waals surface area contributed by atoms with Crippen LogP contribution in [0.4, 0.5) is 0 Å². The van der Waals surface area contributed by atoms with Gasteiger partial charge in [-0.05, 0) is 51.7 Å². The summed E-state index contributed by atoms with van der Waals surface area (Å²) in [5.41, 5.74) is 8.35. The molecule has 1 atom stereocenters. The predicted molar refractivity (Wildman–Crippen MR) is 113 cm³/mol. The molecule has 1 unspecified atom stereocenters. The zero-order valence-corrected chi connectivity index (χ0v) is 17.9. The number of rotatable bonds is 10. The van der Waals surface area contributed by atoms with E-state index < -0.39 is 0 Å². The van der Waals surface area contributed by atoms with Crippen LogP contribution < -0.4 is 5.73 Å². The number of aliphatic imine (C=N–C) groups is 1. The van der Waals surface area contributed by atoms with E-state index in [9.17, 15) is 0 Å². The standard InChI is InChI=1S/C20H34ClN5O/c1-5-8-25(9-6-2)12-16-7-10-26(13-16)14-17(20(21)23-4)19(22)18-11-15(3)27-24-18/h11,16H,5-10,12-14,22H2,1-4H3/b19-17-,23-20?. The van der Waals surface area contributed by atoms with E-state index >= 15 is 0 Å². The van der Waals surface area contributed by atoms with E-state index in [0.29, 0.717) is 29.0 Å². The number of aromatic nitrogens is 1. The van der Waals surface area contributed by atoms with Gasteiger partial charge in [0, 0.05) is 38.3 Å². The molecule has 0 amide bonds. The Morgan fingerprint density at radius 2 is 2.11 bits per heavy atom. The highest BCUT2D eigenvalue weighted by atomic mass is 35.5. The Bertz CT molecular complexity index is 649. The van der Waals surface area contributed by atoms with E-state index in [0.717, 1.165) is 24.4 Å². The second-order valence-electron chi connectivity index (χ2n) is 7.42. The fraction of sp³-hybridized carbons (Fsp3) is 0.700. The molecule has 0 aromatic carbocycles. The van der Waals surface area contributed by atoms with Gasteiger partial charge >= 0.3 is 0 Å². The first-order valence-corrected chi connectivity index (χ1v) is 10.4. The van der Waals surface area contributed by atoms with Crippen LogP contribution >= 0.6 is 11.6 Å². The molecule has 152 valence electrons. The van der Waals surface area contributed by atoms with Gasteiger partial charge in [0.25, 0.3) is 0 Å². The molecule has 1 aromatic heterocycles. The minimum absolute atomic E-state index is 0.440. The molecule has 2 N–H and O–H groups in total. The van der Waals surface area contributed by atoms with Crippen molar-refractivity contribution in [3.8, 4) is 0 Å². The van der Waals surface area contributed by atoms with Crippen LogP contribution in [0.3, 0.4) is 0 Å². The van der Waals surface area contributed by atoms with Crippen LogP contribution in [0.15, 0.2) is 21.2 Å². The molecular weight excluding hydrogens is 362 g/mol. The van der Waals surface area contributed by atoms with Gasteiger partial charge in [-0.25, -0.2) is 0 Å². The molecule has 1 aromatic rings. The van der Waals surface area contributed by atoms with Gasteiger partial charge in [0.05, 0.1) is 5.70 Å². The summed E-state index contributed by atoms with van der Waals surface area (Å²) >= 11 is 6.38. The summed E-state index contributed by atoms with van der Waals surface area (Å²) < 4.78 is 5.16. The predicted octanol–water partition coefficient (Wildman–Crippen LogP) is 3.36. The van der Waals surface area contributed by atoms with Gasteiger partial charge in [0.2, 0.25) is 0 Å². The van der Waals surface area contributed by atoms with Crippen molar-refractivity contribution < 1.29 is 4.52 Å². The monoisotopic (exact) mass is 395 g/mol. The molecule has 27 heavy (non-hydrogen) atoms. The third kappa shape index (κ3) is 6.33. The van der Waals surface area contributed by atoms with Crippen molar-refractivity contribution in [1.82, 2.24) is 15.0 Å². The van der Waals surface area contributed by atoms with Gasteiger partial charge in [0.1, 0.15) is 16.6 Å². The van der Waals surface area contributed by atoms with Gasteiger partial charge in [-0.3, -0.25) is 9.89 Å². The van der Waals surface area contributed by atoms with Crippen LogP contribution in [0.25, 0.3) is 5.70 Å². The van der Waals surface area contributed by atoms with E-state index in [1.54, 1.807) is 7.05 Å². The van der Waals surface area contributed by atoms with Crippen LogP contribution in [0.5, 0.6) is 0 Å². The van der Waals surface area contributed by atoms with Crippen molar-refractivity contribution in [2.45, 2.75) is 40.0 Å². The quantitative estimate of drug-likeness (QED) is 0.615. The van der Waals surface area contributed by atoms with E-state index in [1.807, 2.05) is 13.0 Å². The number of halogens is 1. The lowest BCUT2D eigenvalue weighted by atomic mass is 10.1. The van der Waals surface area contributed by atoms with Gasteiger partial charge in [-0.15, -0.1) is 0 Å². The van der Waals surface area contributed by atoms with E-state index in [4.69, 9.17) is 21.9 Å². The SMILES string of the molecule is CCCN(CCC)CC1CCN(C/C(C(Cl)=NC)=C(/N)c2cc(C)on2)C1. The van der Waals surface area contributed by atoms with Crippen molar-refractivity contribution in [3.63, 3.8) is 0 Å². The lowest BCUT2D eigenvalue weighted by molar-refractivity contribution is 0.228. The number of hydrogen-bond donors (Lipinski definition) is 1. The maximum absolute atomic E-state index is 6.38. The highest BCUT2D eigenvalue weighted by molar-refractivity contribution is 6.70. The Hall–Kier alpha value is -1.37. The van der Waals surface area contributed by atoms with Gasteiger partial charge in [-0.2, -0.15) is 0 Å². The van der Waals surface area contributed by atoms with E-state index in [-0.39, 0.29) is 0 Å². The lowest BCUT2D eigenvalue weighted by Gasteiger charge is -2.25.